The molecule has 0 radical (unpaired) electrons. The summed E-state index contributed by atoms with van der Waals surface area (Å²) in [6.45, 7) is 10.4. The van der Waals surface area contributed by atoms with Gasteiger partial charge in [0, 0.05) is 25.2 Å². The van der Waals surface area contributed by atoms with E-state index in [4.69, 9.17) is 5.73 Å². The molecule has 98 valence electrons. The summed E-state index contributed by atoms with van der Waals surface area (Å²) in [6, 6.07) is 1.94. The number of halogens is 1. The molecule has 0 fully saturated rings. The Hall–Kier alpha value is -0.900. The minimum absolute atomic E-state index is 0.0322. The highest BCUT2D eigenvalue weighted by atomic mass is 19.1. The third-order valence-corrected chi connectivity index (χ3v) is 3.41. The molecule has 4 heteroatoms. The standard InChI is InChI=1S/C13H24FN3/c1-6-17-11(7-10(2)16-17)8-13(14,9-15)12(3,4)5/h7H,6,8-9,15H2,1-5H3. The number of rotatable bonds is 4. The van der Waals surface area contributed by atoms with Crippen LogP contribution in [0.2, 0.25) is 0 Å². The van der Waals surface area contributed by atoms with Crippen molar-refractivity contribution in [3.05, 3.63) is 17.5 Å². The maximum Gasteiger partial charge on any atom is 0.133 e. The molecular formula is C13H24FN3. The van der Waals surface area contributed by atoms with Crippen LogP contribution in [-0.2, 0) is 13.0 Å². The number of hydrogen-bond acceptors (Lipinski definition) is 2. The highest BCUT2D eigenvalue weighted by Crippen LogP contribution is 2.36. The summed E-state index contributed by atoms with van der Waals surface area (Å²) < 4.78 is 16.7. The molecule has 1 aromatic rings. The smallest absolute Gasteiger partial charge is 0.133 e. The van der Waals surface area contributed by atoms with Gasteiger partial charge in [-0.05, 0) is 25.3 Å². The van der Waals surface area contributed by atoms with Gasteiger partial charge >= 0.3 is 0 Å². The van der Waals surface area contributed by atoms with Gasteiger partial charge in [-0.15, -0.1) is 0 Å². The van der Waals surface area contributed by atoms with Gasteiger partial charge in [0.05, 0.1) is 5.69 Å². The summed E-state index contributed by atoms with van der Waals surface area (Å²) in [5.41, 5.74) is 5.61. The van der Waals surface area contributed by atoms with Gasteiger partial charge in [0.25, 0.3) is 0 Å². The molecule has 1 rings (SSSR count). The minimum Gasteiger partial charge on any atom is -0.327 e. The molecule has 0 aliphatic heterocycles. The molecule has 2 N–H and O–H groups in total. The summed E-state index contributed by atoms with van der Waals surface area (Å²) in [7, 11) is 0. The Kier molecular flexibility index (Phi) is 3.97. The lowest BCUT2D eigenvalue weighted by Gasteiger charge is -2.37. The molecular weight excluding hydrogens is 217 g/mol. The molecule has 0 saturated carbocycles. The van der Waals surface area contributed by atoms with Gasteiger partial charge in [0.15, 0.2) is 0 Å². The van der Waals surface area contributed by atoms with E-state index in [1.165, 1.54) is 0 Å². The molecule has 0 saturated heterocycles. The van der Waals surface area contributed by atoms with E-state index in [1.807, 2.05) is 45.4 Å². The first-order chi connectivity index (χ1) is 7.73. The van der Waals surface area contributed by atoms with Crippen LogP contribution in [0.5, 0.6) is 0 Å². The van der Waals surface area contributed by atoms with Gasteiger partial charge in [-0.25, -0.2) is 4.39 Å². The summed E-state index contributed by atoms with van der Waals surface area (Å²) in [5, 5.41) is 4.34. The van der Waals surface area contributed by atoms with Gasteiger partial charge < -0.3 is 5.73 Å². The van der Waals surface area contributed by atoms with Crippen LogP contribution >= 0.6 is 0 Å². The molecule has 1 unspecified atom stereocenters. The molecule has 0 amide bonds. The van der Waals surface area contributed by atoms with Crippen LogP contribution < -0.4 is 5.73 Å². The van der Waals surface area contributed by atoms with Gasteiger partial charge in [-0.2, -0.15) is 5.10 Å². The monoisotopic (exact) mass is 241 g/mol. The van der Waals surface area contributed by atoms with E-state index in [1.54, 1.807) is 0 Å². The largest absolute Gasteiger partial charge is 0.327 e. The fourth-order valence-electron chi connectivity index (χ4n) is 1.95. The van der Waals surface area contributed by atoms with Gasteiger partial charge in [0.1, 0.15) is 5.67 Å². The average Bonchev–Trinajstić information content (AvgIpc) is 2.56. The van der Waals surface area contributed by atoms with Crippen molar-refractivity contribution in [2.75, 3.05) is 6.54 Å². The molecule has 0 aliphatic rings. The Morgan fingerprint density at radius 2 is 2.00 bits per heavy atom. The molecule has 0 bridgehead atoms. The second kappa shape index (κ2) is 4.77. The maximum atomic E-state index is 14.9. The Morgan fingerprint density at radius 1 is 1.41 bits per heavy atom. The van der Waals surface area contributed by atoms with Crippen molar-refractivity contribution in [3.8, 4) is 0 Å². The Labute approximate surface area is 103 Å². The van der Waals surface area contributed by atoms with Gasteiger partial charge in [-0.3, -0.25) is 4.68 Å². The SMILES string of the molecule is CCn1nc(C)cc1CC(F)(CN)C(C)(C)C. The summed E-state index contributed by atoms with van der Waals surface area (Å²) in [5.74, 6) is 0. The quantitative estimate of drug-likeness (QED) is 0.880. The van der Waals surface area contributed by atoms with E-state index in [0.29, 0.717) is 6.42 Å². The molecule has 1 aromatic heterocycles. The van der Waals surface area contributed by atoms with Crippen molar-refractivity contribution in [1.29, 1.82) is 0 Å². The number of nitrogens with zero attached hydrogens (tertiary/aromatic N) is 2. The van der Waals surface area contributed by atoms with Crippen LogP contribution in [0.3, 0.4) is 0 Å². The van der Waals surface area contributed by atoms with E-state index >= 15 is 0 Å². The molecule has 0 spiro atoms. The van der Waals surface area contributed by atoms with Crippen molar-refractivity contribution in [1.82, 2.24) is 9.78 Å². The Morgan fingerprint density at radius 3 is 2.41 bits per heavy atom. The van der Waals surface area contributed by atoms with Crippen LogP contribution in [0.1, 0.15) is 39.1 Å². The lowest BCUT2D eigenvalue weighted by molar-refractivity contribution is 0.0363. The average molecular weight is 241 g/mol. The van der Waals surface area contributed by atoms with Crippen LogP contribution in [0.15, 0.2) is 6.07 Å². The van der Waals surface area contributed by atoms with E-state index in [9.17, 15) is 4.39 Å². The van der Waals surface area contributed by atoms with Crippen LogP contribution in [0.4, 0.5) is 4.39 Å². The predicted octanol–water partition coefficient (Wildman–Crippen LogP) is 2.47. The fraction of sp³-hybridized carbons (Fsp3) is 0.769. The van der Waals surface area contributed by atoms with Crippen molar-refractivity contribution >= 4 is 0 Å². The summed E-state index contributed by atoms with van der Waals surface area (Å²) >= 11 is 0. The maximum absolute atomic E-state index is 14.9. The first-order valence-corrected chi connectivity index (χ1v) is 6.16. The minimum atomic E-state index is -1.40. The molecule has 1 heterocycles. The van der Waals surface area contributed by atoms with E-state index < -0.39 is 11.1 Å². The number of nitrogens with two attached hydrogens (primary N) is 1. The van der Waals surface area contributed by atoms with Crippen LogP contribution in [0.25, 0.3) is 0 Å². The van der Waals surface area contributed by atoms with Crippen molar-refractivity contribution in [3.63, 3.8) is 0 Å². The molecule has 3 nitrogen and oxygen atoms in total. The van der Waals surface area contributed by atoms with Crippen LogP contribution in [-0.4, -0.2) is 22.0 Å². The second-order valence-corrected chi connectivity index (χ2v) is 5.69. The normalized spacial score (nSPS) is 15.9. The van der Waals surface area contributed by atoms with E-state index in [-0.39, 0.29) is 6.54 Å². The zero-order valence-electron chi connectivity index (χ0n) is 11.5. The van der Waals surface area contributed by atoms with Crippen LogP contribution in [0, 0.1) is 12.3 Å². The Bertz CT molecular complexity index is 379. The number of aromatic nitrogens is 2. The van der Waals surface area contributed by atoms with Crippen molar-refractivity contribution in [2.45, 2.75) is 53.3 Å². The highest BCUT2D eigenvalue weighted by molar-refractivity contribution is 5.14. The van der Waals surface area contributed by atoms with E-state index in [2.05, 4.69) is 5.10 Å². The van der Waals surface area contributed by atoms with Crippen molar-refractivity contribution < 1.29 is 4.39 Å². The van der Waals surface area contributed by atoms with Gasteiger partial charge in [0.2, 0.25) is 0 Å². The lowest BCUT2D eigenvalue weighted by atomic mass is 9.75. The predicted molar refractivity (Wildman–Crippen MR) is 68.7 cm³/mol. The second-order valence-electron chi connectivity index (χ2n) is 5.69. The molecule has 17 heavy (non-hydrogen) atoms. The van der Waals surface area contributed by atoms with Crippen molar-refractivity contribution in [2.24, 2.45) is 11.1 Å². The van der Waals surface area contributed by atoms with Gasteiger partial charge in [-0.1, -0.05) is 20.8 Å². The Balaban J connectivity index is 3.02. The zero-order valence-corrected chi connectivity index (χ0v) is 11.5. The third-order valence-electron chi connectivity index (χ3n) is 3.41. The van der Waals surface area contributed by atoms with E-state index in [0.717, 1.165) is 17.9 Å². The molecule has 0 aromatic carbocycles. The first kappa shape index (κ1) is 14.2. The third kappa shape index (κ3) is 2.86. The first-order valence-electron chi connectivity index (χ1n) is 6.16. The fourth-order valence-corrected chi connectivity index (χ4v) is 1.95. The number of hydrogen-bond donors (Lipinski definition) is 1. The highest BCUT2D eigenvalue weighted by Gasteiger charge is 2.42. The summed E-state index contributed by atoms with van der Waals surface area (Å²) in [6.07, 6.45) is 0.321. The molecule has 0 aliphatic carbocycles. The molecule has 1 atom stereocenters. The topological polar surface area (TPSA) is 43.8 Å². The number of alkyl halides is 1. The zero-order chi connectivity index (χ0) is 13.3. The lowest BCUT2D eigenvalue weighted by Crippen LogP contribution is -2.47. The summed E-state index contributed by atoms with van der Waals surface area (Å²) in [4.78, 5) is 0. The number of aryl methyl sites for hydroxylation is 2.